The summed E-state index contributed by atoms with van der Waals surface area (Å²) in [6.07, 6.45) is 9.13. The number of carbonyl (C=O) groups excluding carboxylic acids is 1. The van der Waals surface area contributed by atoms with Gasteiger partial charge >= 0.3 is 11.9 Å². The average Bonchev–Trinajstić information content (AvgIpc) is 3.02. The minimum atomic E-state index is -0.924. The van der Waals surface area contributed by atoms with Crippen molar-refractivity contribution in [3.05, 3.63) is 22.8 Å². The molecule has 4 aliphatic rings. The zero-order valence-electron chi connectivity index (χ0n) is 23.5. The average molecular weight is 501 g/mol. The van der Waals surface area contributed by atoms with Crippen LogP contribution >= 0.6 is 0 Å². The molecule has 0 bridgehead atoms. The van der Waals surface area contributed by atoms with Gasteiger partial charge in [-0.05, 0) is 104 Å². The second-order valence-electron chi connectivity index (χ2n) is 13.6. The Bertz CT molecular complexity index is 960. The molecule has 5 heteroatoms. The molecule has 0 aliphatic heterocycles. The van der Waals surface area contributed by atoms with Gasteiger partial charge in [0.1, 0.15) is 6.10 Å². The highest BCUT2D eigenvalue weighted by Gasteiger charge is 2.70. The van der Waals surface area contributed by atoms with Gasteiger partial charge in [0.25, 0.3) is 0 Å². The van der Waals surface area contributed by atoms with Crippen molar-refractivity contribution in [2.45, 2.75) is 118 Å². The van der Waals surface area contributed by atoms with Crippen molar-refractivity contribution in [3.8, 4) is 0 Å². The number of hydrogen-bond acceptors (Lipinski definition) is 4. The first-order chi connectivity index (χ1) is 16.8. The molecule has 9 atom stereocenters. The molecule has 4 aliphatic carbocycles. The highest BCUT2D eigenvalue weighted by Crippen LogP contribution is 2.74. The molecule has 4 fully saturated rings. The highest BCUT2D eigenvalue weighted by molar-refractivity contribution is 5.88. The fraction of sp³-hybridized carbons (Fsp3) is 0.806. The second-order valence-corrected chi connectivity index (χ2v) is 13.6. The lowest BCUT2D eigenvalue weighted by molar-refractivity contribution is -0.225. The van der Waals surface area contributed by atoms with E-state index in [-0.39, 0.29) is 34.1 Å². The number of allylic oxidation sites excluding steroid dienone is 2. The highest BCUT2D eigenvalue weighted by atomic mass is 16.5. The lowest BCUT2D eigenvalue weighted by Crippen LogP contribution is -2.64. The predicted molar refractivity (Wildman–Crippen MR) is 141 cm³/mol. The van der Waals surface area contributed by atoms with E-state index < -0.39 is 18.2 Å². The molecule has 36 heavy (non-hydrogen) atoms. The van der Waals surface area contributed by atoms with E-state index in [1.54, 1.807) is 0 Å². The molecule has 4 saturated carbocycles. The molecule has 2 N–H and O–H groups in total. The summed E-state index contributed by atoms with van der Waals surface area (Å²) in [4.78, 5) is 24.8. The summed E-state index contributed by atoms with van der Waals surface area (Å²) in [6, 6.07) is 0. The van der Waals surface area contributed by atoms with Crippen molar-refractivity contribution >= 4 is 11.9 Å². The van der Waals surface area contributed by atoms with E-state index in [1.807, 2.05) is 13.8 Å². The van der Waals surface area contributed by atoms with Crippen molar-refractivity contribution in [2.75, 3.05) is 0 Å². The minimum Gasteiger partial charge on any atom is -0.478 e. The summed E-state index contributed by atoms with van der Waals surface area (Å²) in [6.45, 7) is 15.0. The third kappa shape index (κ3) is 4.18. The topological polar surface area (TPSA) is 83.8 Å². The van der Waals surface area contributed by atoms with E-state index >= 15 is 0 Å². The quantitative estimate of drug-likeness (QED) is 0.249. The van der Waals surface area contributed by atoms with Gasteiger partial charge in [0, 0.05) is 12.5 Å². The van der Waals surface area contributed by atoms with Gasteiger partial charge in [-0.1, -0.05) is 52.2 Å². The Morgan fingerprint density at radius 2 is 1.78 bits per heavy atom. The summed E-state index contributed by atoms with van der Waals surface area (Å²) >= 11 is 0. The van der Waals surface area contributed by atoms with Crippen molar-refractivity contribution in [2.24, 2.45) is 39.9 Å². The van der Waals surface area contributed by atoms with Crippen molar-refractivity contribution in [1.29, 1.82) is 0 Å². The Kier molecular flexibility index (Phi) is 7.31. The summed E-state index contributed by atoms with van der Waals surface area (Å²) in [5.41, 5.74) is 2.01. The van der Waals surface area contributed by atoms with Crippen LogP contribution in [0.4, 0.5) is 0 Å². The normalized spacial score (nSPS) is 45.1. The van der Waals surface area contributed by atoms with E-state index in [4.69, 9.17) is 4.74 Å². The number of rotatable bonds is 5. The first-order valence-corrected chi connectivity index (χ1v) is 14.2. The Morgan fingerprint density at radius 1 is 1.08 bits per heavy atom. The summed E-state index contributed by atoms with van der Waals surface area (Å²) in [5, 5.41) is 22.2. The Morgan fingerprint density at radius 3 is 2.39 bits per heavy atom. The summed E-state index contributed by atoms with van der Waals surface area (Å²) < 4.78 is 5.89. The van der Waals surface area contributed by atoms with Crippen molar-refractivity contribution in [3.63, 3.8) is 0 Å². The first kappa shape index (κ1) is 27.4. The van der Waals surface area contributed by atoms with Crippen LogP contribution in [0.2, 0.25) is 0 Å². The van der Waals surface area contributed by atoms with Gasteiger partial charge in [-0.2, -0.15) is 0 Å². The van der Waals surface area contributed by atoms with Crippen molar-refractivity contribution in [1.82, 2.24) is 0 Å². The van der Waals surface area contributed by atoms with E-state index in [2.05, 4.69) is 33.8 Å². The Balaban J connectivity index is 1.83. The molecule has 0 heterocycles. The standard InChI is InChI=1S/C31H48O5/c1-18(2)10-8-12-21(28(34)35)26-23-16-24(33)27-29(5)14-9-11-19(3)22(29)13-15-30(27,6)31(23,7)17-25(26)36-20(4)32/h10,19,22-25,27,33H,8-9,11-17H2,1-7H3,(H,34,35)/b26-21-/t19-,22+,23+,24-,25+,27+,29+,30+,31+/m0/s1. The molecule has 0 saturated heterocycles. The smallest absolute Gasteiger partial charge is 0.331 e. The van der Waals surface area contributed by atoms with Crippen LogP contribution in [0.1, 0.15) is 106 Å². The fourth-order valence-corrected chi connectivity index (χ4v) is 9.88. The molecule has 0 unspecified atom stereocenters. The largest absolute Gasteiger partial charge is 0.478 e. The van der Waals surface area contributed by atoms with E-state index in [0.29, 0.717) is 43.1 Å². The third-order valence-corrected chi connectivity index (χ3v) is 11.4. The second kappa shape index (κ2) is 9.60. The van der Waals surface area contributed by atoms with Crippen LogP contribution in [0.25, 0.3) is 0 Å². The number of aliphatic carboxylic acids is 1. The van der Waals surface area contributed by atoms with Gasteiger partial charge in [0.15, 0.2) is 0 Å². The SMILES string of the molecule is CC(=O)O[C@@H]1C[C@]2(C)[C@H](C[C@H](O)[C@@H]3[C@]4(C)CCC[C@H](C)[C@H]4CC[C@]32C)/C1=C(\CCC=C(C)C)C(=O)O. The molecular weight excluding hydrogens is 452 g/mol. The van der Waals surface area contributed by atoms with Gasteiger partial charge in [-0.25, -0.2) is 4.79 Å². The molecule has 0 amide bonds. The van der Waals surface area contributed by atoms with E-state index in [1.165, 1.54) is 19.8 Å². The number of fused-ring (bicyclic) bond motifs is 5. The van der Waals surface area contributed by atoms with E-state index in [9.17, 15) is 19.8 Å². The molecule has 4 rings (SSSR count). The van der Waals surface area contributed by atoms with Crippen LogP contribution < -0.4 is 0 Å². The third-order valence-electron chi connectivity index (χ3n) is 11.4. The van der Waals surface area contributed by atoms with Gasteiger partial charge in [0.05, 0.1) is 6.10 Å². The van der Waals surface area contributed by atoms with Crippen molar-refractivity contribution < 1.29 is 24.5 Å². The van der Waals surface area contributed by atoms with Crippen LogP contribution in [0.5, 0.6) is 0 Å². The number of hydrogen-bond donors (Lipinski definition) is 2. The lowest BCUT2D eigenvalue weighted by atomic mass is 9.36. The van der Waals surface area contributed by atoms with Crippen LogP contribution in [-0.2, 0) is 14.3 Å². The minimum absolute atomic E-state index is 0.0839. The number of aliphatic hydroxyl groups is 1. The van der Waals surface area contributed by atoms with Gasteiger partial charge in [-0.3, -0.25) is 4.79 Å². The van der Waals surface area contributed by atoms with Crippen LogP contribution in [0.15, 0.2) is 22.8 Å². The number of carbonyl (C=O) groups is 2. The first-order valence-electron chi connectivity index (χ1n) is 14.2. The Hall–Kier alpha value is -1.62. The fourth-order valence-electron chi connectivity index (χ4n) is 9.88. The molecule has 5 nitrogen and oxygen atoms in total. The predicted octanol–water partition coefficient (Wildman–Crippen LogP) is 6.70. The van der Waals surface area contributed by atoms with Gasteiger partial charge < -0.3 is 14.9 Å². The van der Waals surface area contributed by atoms with E-state index in [0.717, 1.165) is 30.4 Å². The zero-order valence-corrected chi connectivity index (χ0v) is 23.5. The molecule has 0 aromatic heterocycles. The summed E-state index contributed by atoms with van der Waals surface area (Å²) in [7, 11) is 0. The monoisotopic (exact) mass is 500 g/mol. The molecule has 0 spiro atoms. The number of aliphatic hydroxyl groups excluding tert-OH is 1. The molecule has 0 aromatic carbocycles. The zero-order chi connectivity index (χ0) is 26.6. The maximum Gasteiger partial charge on any atom is 0.331 e. The molecule has 202 valence electrons. The number of ether oxygens (including phenoxy) is 1. The number of esters is 1. The lowest BCUT2D eigenvalue weighted by Gasteiger charge is -2.68. The maximum atomic E-state index is 12.6. The number of carboxylic acid groups (broad SMARTS) is 1. The Labute approximate surface area is 217 Å². The van der Waals surface area contributed by atoms with Crippen LogP contribution in [0.3, 0.4) is 0 Å². The maximum absolute atomic E-state index is 12.6. The van der Waals surface area contributed by atoms with Crippen LogP contribution in [-0.4, -0.2) is 34.4 Å². The molecule has 0 aromatic rings. The molecule has 0 radical (unpaired) electrons. The van der Waals surface area contributed by atoms with Crippen LogP contribution in [0, 0.1) is 39.9 Å². The summed E-state index contributed by atoms with van der Waals surface area (Å²) in [5.74, 6) is 0.0759. The van der Waals surface area contributed by atoms with Gasteiger partial charge in [-0.15, -0.1) is 0 Å². The number of carboxylic acids is 1. The molecular formula is C31H48O5. The van der Waals surface area contributed by atoms with Gasteiger partial charge in [0.2, 0.25) is 0 Å².